The van der Waals surface area contributed by atoms with Gasteiger partial charge in [0.15, 0.2) is 0 Å². The SMILES string of the molecule is O=C(CCn1nnc2ccccc21)NC[C@H](c1ccc(F)cc1)N1CCCC1. The number of carbonyl (C=O) groups is 1. The Morgan fingerprint density at radius 1 is 1.11 bits per heavy atom. The number of fused-ring (bicyclic) bond motifs is 1. The molecule has 28 heavy (non-hydrogen) atoms. The molecule has 1 N–H and O–H groups in total. The average molecular weight is 381 g/mol. The maximum Gasteiger partial charge on any atom is 0.221 e. The molecule has 4 rings (SSSR count). The minimum atomic E-state index is -0.243. The number of hydrogen-bond donors (Lipinski definition) is 1. The Morgan fingerprint density at radius 3 is 2.64 bits per heavy atom. The van der Waals surface area contributed by atoms with Gasteiger partial charge in [0.05, 0.1) is 18.1 Å². The normalized spacial score (nSPS) is 15.8. The number of nitrogens with zero attached hydrogens (tertiary/aromatic N) is 4. The Labute approximate surface area is 163 Å². The molecule has 1 atom stereocenters. The molecule has 1 amide bonds. The zero-order chi connectivity index (χ0) is 19.3. The fourth-order valence-corrected chi connectivity index (χ4v) is 3.78. The van der Waals surface area contributed by atoms with Crippen molar-refractivity contribution in [2.45, 2.75) is 31.8 Å². The highest BCUT2D eigenvalue weighted by Crippen LogP contribution is 2.24. The second kappa shape index (κ2) is 8.48. The van der Waals surface area contributed by atoms with Crippen LogP contribution in [0.4, 0.5) is 4.39 Å². The summed E-state index contributed by atoms with van der Waals surface area (Å²) < 4.78 is 15.0. The van der Waals surface area contributed by atoms with Crippen molar-refractivity contribution in [1.82, 2.24) is 25.2 Å². The molecule has 1 fully saturated rings. The molecule has 3 aromatic rings. The van der Waals surface area contributed by atoms with Crippen molar-refractivity contribution in [2.75, 3.05) is 19.6 Å². The first kappa shape index (κ1) is 18.6. The van der Waals surface area contributed by atoms with E-state index >= 15 is 0 Å². The molecule has 0 spiro atoms. The van der Waals surface area contributed by atoms with E-state index in [-0.39, 0.29) is 17.8 Å². The molecule has 0 bridgehead atoms. The van der Waals surface area contributed by atoms with E-state index in [2.05, 4.69) is 20.5 Å². The van der Waals surface area contributed by atoms with Crippen molar-refractivity contribution < 1.29 is 9.18 Å². The van der Waals surface area contributed by atoms with Gasteiger partial charge >= 0.3 is 0 Å². The average Bonchev–Trinajstić information content (AvgIpc) is 3.38. The predicted octanol–water partition coefficient (Wildman–Crippen LogP) is 2.91. The quantitative estimate of drug-likeness (QED) is 0.684. The van der Waals surface area contributed by atoms with Gasteiger partial charge < -0.3 is 5.32 Å². The number of likely N-dealkylation sites (tertiary alicyclic amines) is 1. The third-order valence-electron chi connectivity index (χ3n) is 5.30. The van der Waals surface area contributed by atoms with Crippen molar-refractivity contribution in [3.8, 4) is 0 Å². The number of amides is 1. The minimum absolute atomic E-state index is 0.0223. The largest absolute Gasteiger partial charge is 0.354 e. The number of rotatable bonds is 7. The van der Waals surface area contributed by atoms with Crippen LogP contribution in [0.1, 0.15) is 30.9 Å². The van der Waals surface area contributed by atoms with Gasteiger partial charge in [0, 0.05) is 13.0 Å². The number of aryl methyl sites for hydroxylation is 1. The Hall–Kier alpha value is -2.80. The van der Waals surface area contributed by atoms with Gasteiger partial charge in [-0.3, -0.25) is 9.69 Å². The molecule has 0 radical (unpaired) electrons. The van der Waals surface area contributed by atoms with E-state index in [1.807, 2.05) is 36.4 Å². The van der Waals surface area contributed by atoms with Crippen LogP contribution in [0.2, 0.25) is 0 Å². The molecule has 7 heteroatoms. The molecule has 0 aliphatic carbocycles. The number of nitrogens with one attached hydrogen (secondary N) is 1. The molecule has 1 aromatic heterocycles. The van der Waals surface area contributed by atoms with Gasteiger partial charge in [0.1, 0.15) is 11.3 Å². The maximum absolute atomic E-state index is 13.3. The van der Waals surface area contributed by atoms with Crippen molar-refractivity contribution in [1.29, 1.82) is 0 Å². The van der Waals surface area contributed by atoms with Crippen LogP contribution in [0, 0.1) is 5.82 Å². The third-order valence-corrected chi connectivity index (χ3v) is 5.30. The van der Waals surface area contributed by atoms with Crippen LogP contribution in [0.15, 0.2) is 48.5 Å². The molecule has 1 aliphatic rings. The van der Waals surface area contributed by atoms with Gasteiger partial charge in [-0.15, -0.1) is 5.10 Å². The summed E-state index contributed by atoms with van der Waals surface area (Å²) in [6.07, 6.45) is 2.65. The highest BCUT2D eigenvalue weighted by molar-refractivity contribution is 5.77. The highest BCUT2D eigenvalue weighted by Gasteiger charge is 2.24. The lowest BCUT2D eigenvalue weighted by Gasteiger charge is -2.28. The van der Waals surface area contributed by atoms with E-state index in [1.165, 1.54) is 12.1 Å². The number of para-hydroxylation sites is 1. The lowest BCUT2D eigenvalue weighted by atomic mass is 10.1. The fourth-order valence-electron chi connectivity index (χ4n) is 3.78. The van der Waals surface area contributed by atoms with E-state index in [1.54, 1.807) is 4.68 Å². The van der Waals surface area contributed by atoms with Crippen LogP contribution < -0.4 is 5.32 Å². The van der Waals surface area contributed by atoms with Crippen LogP contribution in [0.25, 0.3) is 11.0 Å². The fraction of sp³-hybridized carbons (Fsp3) is 0.381. The van der Waals surface area contributed by atoms with Crippen molar-refractivity contribution >= 4 is 16.9 Å². The summed E-state index contributed by atoms with van der Waals surface area (Å²) in [5.74, 6) is -0.265. The molecule has 6 nitrogen and oxygen atoms in total. The summed E-state index contributed by atoms with van der Waals surface area (Å²) in [6, 6.07) is 14.4. The molecular weight excluding hydrogens is 357 g/mol. The number of carbonyl (C=O) groups excluding carboxylic acids is 1. The van der Waals surface area contributed by atoms with Crippen LogP contribution in [-0.2, 0) is 11.3 Å². The Morgan fingerprint density at radius 2 is 1.86 bits per heavy atom. The Bertz CT molecular complexity index is 933. The second-order valence-electron chi connectivity index (χ2n) is 7.17. The minimum Gasteiger partial charge on any atom is -0.354 e. The van der Waals surface area contributed by atoms with Gasteiger partial charge in [-0.25, -0.2) is 9.07 Å². The summed E-state index contributed by atoms with van der Waals surface area (Å²) in [4.78, 5) is 14.8. The molecule has 1 saturated heterocycles. The molecule has 0 unspecified atom stereocenters. The van der Waals surface area contributed by atoms with E-state index in [0.29, 0.717) is 19.5 Å². The lowest BCUT2D eigenvalue weighted by molar-refractivity contribution is -0.121. The maximum atomic E-state index is 13.3. The third kappa shape index (κ3) is 4.20. The van der Waals surface area contributed by atoms with Gasteiger partial charge in [0.2, 0.25) is 5.91 Å². The van der Waals surface area contributed by atoms with Crippen molar-refractivity contribution in [2.24, 2.45) is 0 Å². The molecule has 0 saturated carbocycles. The van der Waals surface area contributed by atoms with Crippen LogP contribution >= 0.6 is 0 Å². The van der Waals surface area contributed by atoms with Crippen LogP contribution in [0.3, 0.4) is 0 Å². The number of hydrogen-bond acceptors (Lipinski definition) is 4. The second-order valence-corrected chi connectivity index (χ2v) is 7.17. The summed E-state index contributed by atoms with van der Waals surface area (Å²) in [7, 11) is 0. The van der Waals surface area contributed by atoms with Gasteiger partial charge in [-0.05, 0) is 55.8 Å². The summed E-state index contributed by atoms with van der Waals surface area (Å²) in [5.41, 5.74) is 2.79. The lowest BCUT2D eigenvalue weighted by Crippen LogP contribution is -2.37. The van der Waals surface area contributed by atoms with E-state index in [9.17, 15) is 9.18 Å². The zero-order valence-electron chi connectivity index (χ0n) is 15.7. The molecule has 2 heterocycles. The van der Waals surface area contributed by atoms with Gasteiger partial charge in [-0.1, -0.05) is 29.5 Å². The van der Waals surface area contributed by atoms with Crippen LogP contribution in [-0.4, -0.2) is 45.4 Å². The van der Waals surface area contributed by atoms with Gasteiger partial charge in [0.25, 0.3) is 0 Å². The summed E-state index contributed by atoms with van der Waals surface area (Å²) >= 11 is 0. The standard InChI is InChI=1S/C21H24FN5O/c22-17-9-7-16(8-10-17)20(26-12-3-4-13-26)15-23-21(28)11-14-27-19-6-2-1-5-18(19)24-25-27/h1-2,5-10,20H,3-4,11-15H2,(H,23,28)/t20-/m1/s1. The van der Waals surface area contributed by atoms with Crippen molar-refractivity contribution in [3.63, 3.8) is 0 Å². The van der Waals surface area contributed by atoms with E-state index in [0.717, 1.165) is 42.5 Å². The first-order valence-electron chi connectivity index (χ1n) is 9.75. The molecule has 146 valence electrons. The van der Waals surface area contributed by atoms with Crippen molar-refractivity contribution in [3.05, 3.63) is 59.9 Å². The van der Waals surface area contributed by atoms with Crippen LogP contribution in [0.5, 0.6) is 0 Å². The van der Waals surface area contributed by atoms with E-state index in [4.69, 9.17) is 0 Å². The number of aromatic nitrogens is 3. The summed E-state index contributed by atoms with van der Waals surface area (Å²) in [5, 5.41) is 11.3. The Kier molecular flexibility index (Phi) is 5.62. The van der Waals surface area contributed by atoms with E-state index < -0.39 is 0 Å². The monoisotopic (exact) mass is 381 g/mol. The Balaban J connectivity index is 1.36. The van der Waals surface area contributed by atoms with Gasteiger partial charge in [-0.2, -0.15) is 0 Å². The smallest absolute Gasteiger partial charge is 0.221 e. The first-order valence-corrected chi connectivity index (χ1v) is 9.75. The molecular formula is C21H24FN5O. The first-order chi connectivity index (χ1) is 13.7. The number of benzene rings is 2. The highest BCUT2D eigenvalue weighted by atomic mass is 19.1. The number of halogens is 1. The molecule has 2 aromatic carbocycles. The topological polar surface area (TPSA) is 63.1 Å². The predicted molar refractivity (Wildman–Crippen MR) is 105 cm³/mol. The summed E-state index contributed by atoms with van der Waals surface area (Å²) in [6.45, 7) is 3.01. The molecule has 1 aliphatic heterocycles. The zero-order valence-corrected chi connectivity index (χ0v) is 15.7.